The topological polar surface area (TPSA) is 30.7 Å². The van der Waals surface area contributed by atoms with Crippen LogP contribution in [0.5, 0.6) is 0 Å². The quantitative estimate of drug-likeness (QED) is 0.415. The monoisotopic (exact) mass is 195 g/mol. The third kappa shape index (κ3) is 4.01. The van der Waals surface area contributed by atoms with Crippen molar-refractivity contribution in [3.05, 3.63) is 0 Å². The number of hydrogen-bond donors (Lipinski definition) is 2. The Balaban J connectivity index is 0. The van der Waals surface area contributed by atoms with Crippen LogP contribution in [0.25, 0.3) is 0 Å². The molecule has 0 fully saturated rings. The number of rotatable bonds is 0. The van der Waals surface area contributed by atoms with Gasteiger partial charge in [-0.15, -0.1) is 30.4 Å². The van der Waals surface area contributed by atoms with E-state index in [4.69, 9.17) is 0 Å². The Labute approximate surface area is 115 Å². The van der Waals surface area contributed by atoms with Crippen molar-refractivity contribution in [3.63, 3.8) is 0 Å². The third-order valence-electron chi connectivity index (χ3n) is 0.729. The van der Waals surface area contributed by atoms with Gasteiger partial charge in [0, 0.05) is 7.05 Å². The van der Waals surface area contributed by atoms with E-state index in [0.717, 1.165) is 0 Å². The second kappa shape index (κ2) is 6.37. The van der Waals surface area contributed by atoms with Crippen molar-refractivity contribution >= 4 is 84.4 Å². The van der Waals surface area contributed by atoms with Gasteiger partial charge in [0.15, 0.2) is 5.16 Å². The molecule has 7 heteroatoms. The van der Waals surface area contributed by atoms with Crippen LogP contribution in [0.4, 0.5) is 0 Å². The van der Waals surface area contributed by atoms with Gasteiger partial charge in [0.05, 0.1) is 0 Å². The molecule has 0 aromatic carbocycles. The van der Waals surface area contributed by atoms with Crippen molar-refractivity contribution in [2.45, 2.75) is 10.3 Å². The molecule has 0 saturated carbocycles. The Hall–Kier alpha value is 1.84. The Morgan fingerprint density at radius 1 is 1.30 bits per heavy atom. The summed E-state index contributed by atoms with van der Waals surface area (Å²) in [6.45, 7) is 0. The zero-order valence-electron chi connectivity index (χ0n) is 4.24. The first-order valence-corrected chi connectivity index (χ1v) is 2.88. The molecule has 1 rings (SSSR count). The van der Waals surface area contributed by atoms with E-state index in [1.54, 1.807) is 11.7 Å². The molecule has 1 aromatic heterocycles. The van der Waals surface area contributed by atoms with Crippen LogP contribution in [-0.2, 0) is 7.05 Å². The number of nitrogens with zero attached hydrogens (tertiary/aromatic N) is 3. The Morgan fingerprint density at radius 3 is 1.90 bits per heavy atom. The number of aryl methyl sites for hydroxylation is 1. The second-order valence-corrected chi connectivity index (χ2v) is 2.14. The van der Waals surface area contributed by atoms with Gasteiger partial charge in [0.1, 0.15) is 0 Å². The molecule has 0 spiro atoms. The van der Waals surface area contributed by atoms with Gasteiger partial charge in [-0.25, -0.2) is 4.68 Å². The molecule has 0 saturated heterocycles. The van der Waals surface area contributed by atoms with Gasteiger partial charge in [0.25, 0.3) is 0 Å². The molecular weight excluding hydrogens is 188 g/mol. The zero-order chi connectivity index (χ0) is 6.15. The minimum atomic E-state index is 0. The van der Waals surface area contributed by atoms with Gasteiger partial charge in [-0.3, -0.25) is 0 Å². The van der Waals surface area contributed by atoms with Gasteiger partial charge in [-0.2, -0.15) is 4.98 Å². The molecule has 0 atom stereocenters. The van der Waals surface area contributed by atoms with Crippen molar-refractivity contribution in [3.8, 4) is 0 Å². The Bertz CT molecular complexity index is 182. The van der Waals surface area contributed by atoms with E-state index in [-0.39, 0.29) is 59.1 Å². The average Bonchev–Trinajstić information content (AvgIpc) is 1.85. The number of hydrogen-bond acceptors (Lipinski definition) is 4. The van der Waals surface area contributed by atoms with Crippen LogP contribution in [0.3, 0.4) is 0 Å². The average molecular weight is 195 g/mol. The van der Waals surface area contributed by atoms with Crippen molar-refractivity contribution in [2.75, 3.05) is 0 Å². The first-order chi connectivity index (χ1) is 3.70. The van der Waals surface area contributed by atoms with Gasteiger partial charge < -0.3 is 0 Å². The first-order valence-electron chi connectivity index (χ1n) is 1.99. The summed E-state index contributed by atoms with van der Waals surface area (Å²) >= 11 is 7.84. The van der Waals surface area contributed by atoms with Crippen LogP contribution in [0, 0.1) is 0 Å². The molecular formula is C3H7N3Na2S2. The summed E-state index contributed by atoms with van der Waals surface area (Å²) in [5.41, 5.74) is 0. The van der Waals surface area contributed by atoms with Crippen LogP contribution in [0.15, 0.2) is 10.3 Å². The standard InChI is InChI=1S/C3H5N3S2.2Na.2H/c1-6-3(8)4-2(7)5-6;;;;/h1H3,(H2,4,5,7,8);;;;. The van der Waals surface area contributed by atoms with Gasteiger partial charge in [-0.05, 0) is 0 Å². The fraction of sp³-hybridized carbons (Fsp3) is 0.333. The molecule has 0 aliphatic heterocycles. The van der Waals surface area contributed by atoms with E-state index in [0.29, 0.717) is 10.3 Å². The number of aromatic nitrogens is 3. The molecule has 48 valence electrons. The molecule has 10 heavy (non-hydrogen) atoms. The first kappa shape index (κ1) is 14.4. The molecule has 0 aliphatic carbocycles. The van der Waals surface area contributed by atoms with E-state index in [1.165, 1.54) is 0 Å². The molecule has 0 N–H and O–H groups in total. The Kier molecular flexibility index (Phi) is 9.15. The SMILES string of the molecule is Cn1nc(S)nc1S.[NaH].[NaH]. The molecule has 0 aliphatic rings. The molecule has 3 nitrogen and oxygen atoms in total. The summed E-state index contributed by atoms with van der Waals surface area (Å²) in [5.74, 6) is 0. The molecule has 0 unspecified atom stereocenters. The van der Waals surface area contributed by atoms with E-state index in [9.17, 15) is 0 Å². The Morgan fingerprint density at radius 2 is 1.80 bits per heavy atom. The van der Waals surface area contributed by atoms with E-state index in [1.807, 2.05) is 0 Å². The zero-order valence-corrected chi connectivity index (χ0v) is 6.02. The van der Waals surface area contributed by atoms with Crippen molar-refractivity contribution in [1.29, 1.82) is 0 Å². The second-order valence-electron chi connectivity index (χ2n) is 1.34. The summed E-state index contributed by atoms with van der Waals surface area (Å²) in [6, 6.07) is 0. The summed E-state index contributed by atoms with van der Waals surface area (Å²) in [7, 11) is 1.76. The van der Waals surface area contributed by atoms with Gasteiger partial charge >= 0.3 is 59.1 Å². The van der Waals surface area contributed by atoms with E-state index < -0.39 is 0 Å². The third-order valence-corrected chi connectivity index (χ3v) is 1.31. The van der Waals surface area contributed by atoms with Crippen molar-refractivity contribution in [2.24, 2.45) is 7.05 Å². The van der Waals surface area contributed by atoms with Crippen LogP contribution < -0.4 is 0 Å². The molecule has 0 bridgehead atoms. The van der Waals surface area contributed by atoms with Crippen LogP contribution in [0.2, 0.25) is 0 Å². The normalized spacial score (nSPS) is 7.90. The summed E-state index contributed by atoms with van der Waals surface area (Å²) in [6.07, 6.45) is 0. The minimum absolute atomic E-state index is 0. The number of thiol groups is 2. The van der Waals surface area contributed by atoms with E-state index in [2.05, 4.69) is 35.3 Å². The van der Waals surface area contributed by atoms with Crippen LogP contribution in [0.1, 0.15) is 0 Å². The van der Waals surface area contributed by atoms with Crippen LogP contribution >= 0.6 is 25.3 Å². The summed E-state index contributed by atoms with van der Waals surface area (Å²) < 4.78 is 1.55. The van der Waals surface area contributed by atoms with Crippen LogP contribution in [-0.4, -0.2) is 73.9 Å². The maximum atomic E-state index is 3.96. The molecule has 0 amide bonds. The summed E-state index contributed by atoms with van der Waals surface area (Å²) in [5, 5.41) is 4.84. The predicted molar refractivity (Wildman–Crippen MR) is 49.8 cm³/mol. The predicted octanol–water partition coefficient (Wildman–Crippen LogP) is -0.905. The van der Waals surface area contributed by atoms with Crippen molar-refractivity contribution in [1.82, 2.24) is 14.8 Å². The summed E-state index contributed by atoms with van der Waals surface area (Å²) in [4.78, 5) is 3.79. The molecule has 1 aromatic rings. The maximum absolute atomic E-state index is 3.96. The molecule has 0 radical (unpaired) electrons. The fourth-order valence-electron chi connectivity index (χ4n) is 0.363. The van der Waals surface area contributed by atoms with E-state index >= 15 is 0 Å². The molecule has 1 heterocycles. The van der Waals surface area contributed by atoms with Gasteiger partial charge in [0.2, 0.25) is 5.16 Å². The van der Waals surface area contributed by atoms with Gasteiger partial charge in [-0.1, -0.05) is 0 Å². The fourth-order valence-corrected chi connectivity index (χ4v) is 0.810. The van der Waals surface area contributed by atoms with Crippen molar-refractivity contribution < 1.29 is 0 Å².